The zero-order valence-corrected chi connectivity index (χ0v) is 15.7. The van der Waals surface area contributed by atoms with Crippen LogP contribution >= 0.6 is 23.4 Å². The first-order chi connectivity index (χ1) is 12.5. The van der Waals surface area contributed by atoms with Crippen molar-refractivity contribution in [2.24, 2.45) is 0 Å². The molecule has 0 spiro atoms. The number of thioether (sulfide) groups is 1. The van der Waals surface area contributed by atoms with Gasteiger partial charge in [0.05, 0.1) is 22.6 Å². The Bertz CT molecular complexity index is 854. The summed E-state index contributed by atoms with van der Waals surface area (Å²) in [6.07, 6.45) is 0. The van der Waals surface area contributed by atoms with Crippen molar-refractivity contribution < 1.29 is 14.7 Å². The molecular formula is C18H18ClN3O3S. The van der Waals surface area contributed by atoms with Crippen molar-refractivity contribution in [1.29, 1.82) is 0 Å². The number of hydrogen-bond acceptors (Lipinski definition) is 5. The highest BCUT2D eigenvalue weighted by atomic mass is 35.5. The lowest BCUT2D eigenvalue weighted by molar-refractivity contribution is 0.0695. The molecule has 0 saturated carbocycles. The zero-order valence-electron chi connectivity index (χ0n) is 14.2. The van der Waals surface area contributed by atoms with Gasteiger partial charge in [0, 0.05) is 29.6 Å². The van der Waals surface area contributed by atoms with Crippen molar-refractivity contribution in [3.8, 4) is 0 Å². The van der Waals surface area contributed by atoms with Crippen LogP contribution in [-0.4, -0.2) is 46.6 Å². The number of aryl methyl sites for hydroxylation is 1. The van der Waals surface area contributed by atoms with Gasteiger partial charge in [0.25, 0.3) is 5.91 Å². The topological polar surface area (TPSA) is 82.5 Å². The second-order valence-electron chi connectivity index (χ2n) is 5.85. The molecule has 1 saturated heterocycles. The number of nitrogens with zero attached hydrogens (tertiary/aromatic N) is 2. The third kappa shape index (κ3) is 4.11. The molecule has 0 atom stereocenters. The summed E-state index contributed by atoms with van der Waals surface area (Å²) in [6.45, 7) is 3.37. The number of rotatable bonds is 4. The Balaban J connectivity index is 1.86. The van der Waals surface area contributed by atoms with Crippen LogP contribution in [0.1, 0.15) is 26.5 Å². The standard InChI is InChI=1S/C18H18ClN3O3S/c1-11-13(18(24)25)3-4-14(20-11)17(23)21-15-10-12(19)2-5-16(15)22-6-8-26-9-7-22/h2-5,10H,6-9H2,1H3,(H,21,23)(H,24,25). The number of carboxylic acids is 1. The van der Waals surface area contributed by atoms with E-state index in [0.29, 0.717) is 16.4 Å². The molecule has 1 aromatic heterocycles. The maximum Gasteiger partial charge on any atom is 0.337 e. The average molecular weight is 392 g/mol. The maximum absolute atomic E-state index is 12.6. The molecule has 3 rings (SSSR count). The number of amides is 1. The van der Waals surface area contributed by atoms with Crippen LogP contribution in [0.4, 0.5) is 11.4 Å². The van der Waals surface area contributed by atoms with Gasteiger partial charge in [-0.3, -0.25) is 4.79 Å². The number of carboxylic acid groups (broad SMARTS) is 1. The third-order valence-electron chi connectivity index (χ3n) is 4.11. The van der Waals surface area contributed by atoms with E-state index in [1.54, 1.807) is 19.1 Å². The predicted molar refractivity (Wildman–Crippen MR) is 105 cm³/mol. The number of aromatic nitrogens is 1. The summed E-state index contributed by atoms with van der Waals surface area (Å²) in [5, 5.41) is 12.5. The quantitative estimate of drug-likeness (QED) is 0.829. The molecule has 1 fully saturated rings. The van der Waals surface area contributed by atoms with E-state index in [9.17, 15) is 9.59 Å². The first kappa shape index (κ1) is 18.5. The van der Waals surface area contributed by atoms with E-state index in [1.165, 1.54) is 12.1 Å². The molecule has 2 heterocycles. The van der Waals surface area contributed by atoms with Crippen LogP contribution in [0.3, 0.4) is 0 Å². The number of carbonyl (C=O) groups excluding carboxylic acids is 1. The lowest BCUT2D eigenvalue weighted by Gasteiger charge is -2.30. The van der Waals surface area contributed by atoms with E-state index in [4.69, 9.17) is 16.7 Å². The number of benzene rings is 1. The fourth-order valence-corrected chi connectivity index (χ4v) is 3.86. The van der Waals surface area contributed by atoms with Crippen molar-refractivity contribution >= 4 is 46.6 Å². The molecular weight excluding hydrogens is 374 g/mol. The Morgan fingerprint density at radius 3 is 2.62 bits per heavy atom. The lowest BCUT2D eigenvalue weighted by Crippen LogP contribution is -2.33. The van der Waals surface area contributed by atoms with Crippen LogP contribution in [-0.2, 0) is 0 Å². The maximum atomic E-state index is 12.6. The molecule has 0 bridgehead atoms. The lowest BCUT2D eigenvalue weighted by atomic mass is 10.1. The van der Waals surface area contributed by atoms with Gasteiger partial charge in [-0.2, -0.15) is 11.8 Å². The van der Waals surface area contributed by atoms with E-state index >= 15 is 0 Å². The highest BCUT2D eigenvalue weighted by Gasteiger charge is 2.18. The van der Waals surface area contributed by atoms with Gasteiger partial charge in [-0.25, -0.2) is 9.78 Å². The van der Waals surface area contributed by atoms with E-state index in [0.717, 1.165) is 30.3 Å². The first-order valence-corrected chi connectivity index (χ1v) is 9.63. The Kier molecular flexibility index (Phi) is 5.68. The zero-order chi connectivity index (χ0) is 18.7. The second-order valence-corrected chi connectivity index (χ2v) is 7.51. The molecule has 2 aromatic rings. The van der Waals surface area contributed by atoms with Crippen LogP contribution in [0.25, 0.3) is 0 Å². The minimum atomic E-state index is -1.07. The summed E-state index contributed by atoms with van der Waals surface area (Å²) in [5.41, 5.74) is 2.08. The monoisotopic (exact) mass is 391 g/mol. The second kappa shape index (κ2) is 7.97. The molecule has 1 aromatic carbocycles. The summed E-state index contributed by atoms with van der Waals surface area (Å²) in [6, 6.07) is 8.22. The molecule has 0 radical (unpaired) electrons. The number of anilines is 2. The molecule has 0 aliphatic carbocycles. The van der Waals surface area contributed by atoms with E-state index in [1.807, 2.05) is 17.8 Å². The highest BCUT2D eigenvalue weighted by molar-refractivity contribution is 7.99. The number of carbonyl (C=O) groups is 2. The van der Waals surface area contributed by atoms with Crippen molar-refractivity contribution in [2.45, 2.75) is 6.92 Å². The van der Waals surface area contributed by atoms with Crippen molar-refractivity contribution in [3.05, 3.63) is 52.3 Å². The molecule has 0 unspecified atom stereocenters. The van der Waals surface area contributed by atoms with Gasteiger partial charge in [0.1, 0.15) is 5.69 Å². The first-order valence-electron chi connectivity index (χ1n) is 8.10. The number of aromatic carboxylic acids is 1. The number of pyridine rings is 1. The van der Waals surface area contributed by atoms with Crippen LogP contribution in [0.5, 0.6) is 0 Å². The van der Waals surface area contributed by atoms with Crippen LogP contribution in [0.2, 0.25) is 5.02 Å². The van der Waals surface area contributed by atoms with Gasteiger partial charge in [-0.1, -0.05) is 11.6 Å². The number of nitrogens with one attached hydrogen (secondary N) is 1. The minimum absolute atomic E-state index is 0.0795. The van der Waals surface area contributed by atoms with Gasteiger partial charge < -0.3 is 15.3 Å². The van der Waals surface area contributed by atoms with E-state index < -0.39 is 11.9 Å². The summed E-state index contributed by atoms with van der Waals surface area (Å²) in [7, 11) is 0. The Morgan fingerprint density at radius 1 is 1.23 bits per heavy atom. The minimum Gasteiger partial charge on any atom is -0.478 e. The number of hydrogen-bond donors (Lipinski definition) is 2. The van der Waals surface area contributed by atoms with Crippen molar-refractivity contribution in [3.63, 3.8) is 0 Å². The van der Waals surface area contributed by atoms with Crippen LogP contribution < -0.4 is 10.2 Å². The molecule has 1 amide bonds. The molecule has 1 aliphatic heterocycles. The fraction of sp³-hybridized carbons (Fsp3) is 0.278. The Hall–Kier alpha value is -2.25. The average Bonchev–Trinajstić information content (AvgIpc) is 2.62. The predicted octanol–water partition coefficient (Wildman–Crippen LogP) is 3.55. The van der Waals surface area contributed by atoms with Crippen LogP contribution in [0, 0.1) is 6.92 Å². The third-order valence-corrected chi connectivity index (χ3v) is 5.29. The Morgan fingerprint density at radius 2 is 1.96 bits per heavy atom. The fourth-order valence-electron chi connectivity index (χ4n) is 2.79. The normalized spacial score (nSPS) is 14.2. The van der Waals surface area contributed by atoms with Gasteiger partial charge in [0.15, 0.2) is 0 Å². The summed E-state index contributed by atoms with van der Waals surface area (Å²) in [4.78, 5) is 30.0. The summed E-state index contributed by atoms with van der Waals surface area (Å²) in [5.74, 6) is 0.600. The number of halogens is 1. The highest BCUT2D eigenvalue weighted by Crippen LogP contribution is 2.31. The largest absolute Gasteiger partial charge is 0.478 e. The van der Waals surface area contributed by atoms with E-state index in [-0.39, 0.29) is 11.3 Å². The van der Waals surface area contributed by atoms with Gasteiger partial charge >= 0.3 is 5.97 Å². The molecule has 1 aliphatic rings. The van der Waals surface area contributed by atoms with E-state index in [2.05, 4.69) is 15.2 Å². The van der Waals surface area contributed by atoms with Gasteiger partial charge in [0.2, 0.25) is 0 Å². The van der Waals surface area contributed by atoms with Gasteiger partial charge in [-0.15, -0.1) is 0 Å². The molecule has 2 N–H and O–H groups in total. The SMILES string of the molecule is Cc1nc(C(=O)Nc2cc(Cl)ccc2N2CCSCC2)ccc1C(=O)O. The smallest absolute Gasteiger partial charge is 0.337 e. The van der Waals surface area contributed by atoms with Crippen molar-refractivity contribution in [2.75, 3.05) is 34.8 Å². The summed E-state index contributed by atoms with van der Waals surface area (Å²) >= 11 is 8.02. The van der Waals surface area contributed by atoms with Crippen LogP contribution in [0.15, 0.2) is 30.3 Å². The Labute approximate surface area is 160 Å². The molecule has 8 heteroatoms. The van der Waals surface area contributed by atoms with Crippen molar-refractivity contribution in [1.82, 2.24) is 4.98 Å². The summed E-state index contributed by atoms with van der Waals surface area (Å²) < 4.78 is 0. The molecule has 26 heavy (non-hydrogen) atoms. The van der Waals surface area contributed by atoms with Gasteiger partial charge in [-0.05, 0) is 37.3 Å². The molecule has 6 nitrogen and oxygen atoms in total. The molecule has 136 valence electrons.